The Kier molecular flexibility index (Phi) is 4.78. The minimum absolute atomic E-state index is 0.0951. The minimum Gasteiger partial charge on any atom is -0.348 e. The number of hydrogen-bond acceptors (Lipinski definition) is 2. The van der Waals surface area contributed by atoms with Gasteiger partial charge in [0.05, 0.1) is 17.8 Å². The fraction of sp³-hybridized carbons (Fsp3) is 0.217. The van der Waals surface area contributed by atoms with Crippen LogP contribution in [-0.4, -0.2) is 15.0 Å². The number of benzene rings is 2. The molecule has 0 saturated carbocycles. The van der Waals surface area contributed by atoms with Gasteiger partial charge >= 0.3 is 0 Å². The van der Waals surface area contributed by atoms with Gasteiger partial charge in [0.2, 0.25) is 0 Å². The molecule has 26 heavy (non-hydrogen) atoms. The molecule has 0 radical (unpaired) electrons. The van der Waals surface area contributed by atoms with Crippen LogP contribution in [0.5, 0.6) is 0 Å². The fourth-order valence-electron chi connectivity index (χ4n) is 3.63. The molecular weight excluding hydrogens is 318 g/mol. The van der Waals surface area contributed by atoms with Crippen molar-refractivity contribution in [2.75, 3.05) is 0 Å². The average Bonchev–Trinajstić information content (AvgIpc) is 3.22. The second-order valence-corrected chi connectivity index (χ2v) is 6.71. The summed E-state index contributed by atoms with van der Waals surface area (Å²) in [5.74, 6) is 0.0951. The molecule has 4 rings (SSSR count). The lowest BCUT2D eigenvalue weighted by molar-refractivity contribution is 0.793. The highest BCUT2D eigenvalue weighted by molar-refractivity contribution is 5.84. The number of aryl methyl sites for hydroxylation is 1. The van der Waals surface area contributed by atoms with Crippen molar-refractivity contribution in [1.29, 1.82) is 0 Å². The molecule has 0 fully saturated rings. The molecule has 3 heteroatoms. The Balaban J connectivity index is 1.94. The van der Waals surface area contributed by atoms with Crippen LogP contribution in [0.25, 0.3) is 10.9 Å². The van der Waals surface area contributed by atoms with E-state index in [1.807, 2.05) is 18.5 Å². The summed E-state index contributed by atoms with van der Waals surface area (Å²) in [5, 5.41) is 1.21. The van der Waals surface area contributed by atoms with Gasteiger partial charge in [0.1, 0.15) is 0 Å². The summed E-state index contributed by atoms with van der Waals surface area (Å²) < 4.78 is 0. The number of nitrogens with zero attached hydrogens (tertiary/aromatic N) is 2. The molecule has 1 atom stereocenters. The lowest BCUT2D eigenvalue weighted by Gasteiger charge is -2.19. The molecule has 0 aliphatic carbocycles. The predicted molar refractivity (Wildman–Crippen MR) is 106 cm³/mol. The first-order chi connectivity index (χ1) is 12.9. The minimum atomic E-state index is 0.0951. The molecule has 1 unspecified atom stereocenters. The van der Waals surface area contributed by atoms with Crippen LogP contribution in [0.15, 0.2) is 73.3 Å². The van der Waals surface area contributed by atoms with Crippen LogP contribution in [0.3, 0.4) is 0 Å². The third-order valence-corrected chi connectivity index (χ3v) is 4.89. The largest absolute Gasteiger partial charge is 0.348 e. The summed E-state index contributed by atoms with van der Waals surface area (Å²) in [5.41, 5.74) is 6.02. The molecule has 130 valence electrons. The zero-order chi connectivity index (χ0) is 17.8. The Morgan fingerprint density at radius 3 is 2.69 bits per heavy atom. The van der Waals surface area contributed by atoms with E-state index >= 15 is 0 Å². The molecule has 2 aromatic carbocycles. The maximum atomic E-state index is 4.72. The quantitative estimate of drug-likeness (QED) is 0.504. The van der Waals surface area contributed by atoms with Crippen LogP contribution >= 0.6 is 0 Å². The molecule has 2 aromatic heterocycles. The van der Waals surface area contributed by atoms with Crippen LogP contribution in [0, 0.1) is 0 Å². The van der Waals surface area contributed by atoms with Crippen LogP contribution in [0.1, 0.15) is 48.1 Å². The zero-order valence-electron chi connectivity index (χ0n) is 15.0. The van der Waals surface area contributed by atoms with Crippen molar-refractivity contribution in [2.24, 2.45) is 0 Å². The maximum absolute atomic E-state index is 4.72. The number of aromatic amines is 1. The third-order valence-electron chi connectivity index (χ3n) is 4.89. The van der Waals surface area contributed by atoms with Gasteiger partial charge in [-0.05, 0) is 41.7 Å². The summed E-state index contributed by atoms with van der Waals surface area (Å²) in [7, 11) is 0. The van der Waals surface area contributed by atoms with E-state index in [1.165, 1.54) is 34.9 Å². The summed E-state index contributed by atoms with van der Waals surface area (Å²) in [6.07, 6.45) is 9.05. The number of nitrogens with one attached hydrogen (secondary N) is 1. The topological polar surface area (TPSA) is 41.6 Å². The molecule has 1 N–H and O–H groups in total. The molecule has 0 aliphatic rings. The standard InChI is InChI=1S/C23H23N3/c1-2-3-8-17-13-19-11-7-12-25-23(19)20(14-17)22(21-15-24-16-26-21)18-9-5-4-6-10-18/h4-7,9-16,22H,2-3,8H2,1H3,(H,24,26). The molecule has 0 bridgehead atoms. The summed E-state index contributed by atoms with van der Waals surface area (Å²) >= 11 is 0. The summed E-state index contributed by atoms with van der Waals surface area (Å²) in [6.45, 7) is 2.24. The van der Waals surface area contributed by atoms with Gasteiger partial charge in [0, 0.05) is 23.5 Å². The van der Waals surface area contributed by atoms with Gasteiger partial charge in [-0.25, -0.2) is 4.98 Å². The highest BCUT2D eigenvalue weighted by atomic mass is 14.9. The monoisotopic (exact) mass is 341 g/mol. The van der Waals surface area contributed by atoms with Crippen molar-refractivity contribution in [3.8, 4) is 0 Å². The number of fused-ring (bicyclic) bond motifs is 1. The number of pyridine rings is 1. The van der Waals surface area contributed by atoms with Crippen molar-refractivity contribution in [2.45, 2.75) is 32.1 Å². The van der Waals surface area contributed by atoms with Gasteiger partial charge < -0.3 is 4.98 Å². The molecule has 0 amide bonds. The van der Waals surface area contributed by atoms with Gasteiger partial charge in [0.25, 0.3) is 0 Å². The maximum Gasteiger partial charge on any atom is 0.0922 e. The van der Waals surface area contributed by atoms with E-state index in [2.05, 4.69) is 65.4 Å². The van der Waals surface area contributed by atoms with E-state index in [0.29, 0.717) is 0 Å². The lowest BCUT2D eigenvalue weighted by atomic mass is 9.86. The van der Waals surface area contributed by atoms with Gasteiger partial charge in [-0.15, -0.1) is 0 Å². The van der Waals surface area contributed by atoms with Gasteiger partial charge in [-0.2, -0.15) is 0 Å². The van der Waals surface area contributed by atoms with Crippen molar-refractivity contribution in [1.82, 2.24) is 15.0 Å². The zero-order valence-corrected chi connectivity index (χ0v) is 15.0. The Labute approximate surface area is 154 Å². The highest BCUT2D eigenvalue weighted by Crippen LogP contribution is 2.35. The van der Waals surface area contributed by atoms with E-state index in [9.17, 15) is 0 Å². The number of unbranched alkanes of at least 4 members (excludes halogenated alkanes) is 1. The van der Waals surface area contributed by atoms with Crippen molar-refractivity contribution in [3.63, 3.8) is 0 Å². The second kappa shape index (κ2) is 7.52. The predicted octanol–water partition coefficient (Wildman–Crippen LogP) is 5.48. The second-order valence-electron chi connectivity index (χ2n) is 6.71. The molecule has 0 saturated heterocycles. The third kappa shape index (κ3) is 3.25. The average molecular weight is 341 g/mol. The van der Waals surface area contributed by atoms with Crippen LogP contribution < -0.4 is 0 Å². The van der Waals surface area contributed by atoms with Gasteiger partial charge in [-0.1, -0.05) is 55.8 Å². The number of H-pyrrole nitrogens is 1. The Bertz CT molecular complexity index is 975. The Hall–Kier alpha value is -2.94. The first kappa shape index (κ1) is 16.5. The van der Waals surface area contributed by atoms with E-state index in [-0.39, 0.29) is 5.92 Å². The fourth-order valence-corrected chi connectivity index (χ4v) is 3.63. The summed E-state index contributed by atoms with van der Waals surface area (Å²) in [4.78, 5) is 12.3. The molecular formula is C23H23N3. The number of imidazole rings is 1. The first-order valence-corrected chi connectivity index (χ1v) is 9.27. The van der Waals surface area contributed by atoms with E-state index in [4.69, 9.17) is 4.98 Å². The van der Waals surface area contributed by atoms with Crippen molar-refractivity contribution < 1.29 is 0 Å². The highest BCUT2D eigenvalue weighted by Gasteiger charge is 2.21. The van der Waals surface area contributed by atoms with Gasteiger partial charge in [0.15, 0.2) is 0 Å². The van der Waals surface area contributed by atoms with E-state index in [0.717, 1.165) is 17.6 Å². The number of rotatable bonds is 6. The lowest BCUT2D eigenvalue weighted by Crippen LogP contribution is -2.06. The van der Waals surface area contributed by atoms with E-state index < -0.39 is 0 Å². The van der Waals surface area contributed by atoms with Crippen LogP contribution in [0.4, 0.5) is 0 Å². The van der Waals surface area contributed by atoms with Crippen molar-refractivity contribution in [3.05, 3.63) is 95.7 Å². The first-order valence-electron chi connectivity index (χ1n) is 9.27. The Morgan fingerprint density at radius 1 is 1.04 bits per heavy atom. The normalized spacial score (nSPS) is 12.3. The molecule has 0 aliphatic heterocycles. The van der Waals surface area contributed by atoms with Crippen LogP contribution in [0.2, 0.25) is 0 Å². The van der Waals surface area contributed by atoms with E-state index in [1.54, 1.807) is 6.33 Å². The SMILES string of the molecule is CCCCc1cc(C(c2ccccc2)c2cnc[nH]2)c2ncccc2c1. The molecule has 2 heterocycles. The molecule has 0 spiro atoms. The number of hydrogen-bond donors (Lipinski definition) is 1. The van der Waals surface area contributed by atoms with Gasteiger partial charge in [-0.3, -0.25) is 4.98 Å². The number of aromatic nitrogens is 3. The smallest absolute Gasteiger partial charge is 0.0922 e. The van der Waals surface area contributed by atoms with Crippen molar-refractivity contribution >= 4 is 10.9 Å². The molecule has 3 nitrogen and oxygen atoms in total. The van der Waals surface area contributed by atoms with Crippen LogP contribution in [-0.2, 0) is 6.42 Å². The Morgan fingerprint density at radius 2 is 1.92 bits per heavy atom. The molecule has 4 aromatic rings. The summed E-state index contributed by atoms with van der Waals surface area (Å²) in [6, 6.07) is 19.4.